The van der Waals surface area contributed by atoms with E-state index >= 15 is 0 Å². The second-order valence-corrected chi connectivity index (χ2v) is 9.59. The van der Waals surface area contributed by atoms with E-state index in [1.54, 1.807) is 17.5 Å². The van der Waals surface area contributed by atoms with Crippen LogP contribution in [0.15, 0.2) is 46.0 Å². The summed E-state index contributed by atoms with van der Waals surface area (Å²) in [4.78, 5) is 14.8. The molecule has 0 saturated carbocycles. The van der Waals surface area contributed by atoms with Crippen molar-refractivity contribution in [3.63, 3.8) is 0 Å². The normalized spacial score (nSPS) is 19.1. The lowest BCUT2D eigenvalue weighted by atomic mass is 9.96. The fourth-order valence-electron chi connectivity index (χ4n) is 3.67. The maximum atomic E-state index is 12.9. The molecule has 1 saturated heterocycles. The number of piperidine rings is 1. The van der Waals surface area contributed by atoms with E-state index in [2.05, 4.69) is 6.07 Å². The maximum absolute atomic E-state index is 12.9. The van der Waals surface area contributed by atoms with Gasteiger partial charge in [0.25, 0.3) is 10.0 Å². The van der Waals surface area contributed by atoms with E-state index in [-0.39, 0.29) is 11.8 Å². The summed E-state index contributed by atoms with van der Waals surface area (Å²) in [5, 5.41) is 1.77. The lowest BCUT2D eigenvalue weighted by Crippen LogP contribution is -2.44. The molecule has 25 heavy (non-hydrogen) atoms. The fourth-order valence-corrected chi connectivity index (χ4v) is 6.28. The summed E-state index contributed by atoms with van der Waals surface area (Å²) < 4.78 is 27.1. The Kier molecular flexibility index (Phi) is 4.39. The van der Waals surface area contributed by atoms with Crippen LogP contribution in [0.25, 0.3) is 0 Å². The van der Waals surface area contributed by atoms with Gasteiger partial charge in [-0.25, -0.2) is 8.42 Å². The van der Waals surface area contributed by atoms with Gasteiger partial charge >= 0.3 is 0 Å². The lowest BCUT2D eigenvalue weighted by Gasteiger charge is -2.32. The van der Waals surface area contributed by atoms with E-state index < -0.39 is 10.0 Å². The molecule has 2 aliphatic rings. The molecule has 2 aliphatic heterocycles. The predicted molar refractivity (Wildman–Crippen MR) is 98.3 cm³/mol. The molecule has 7 heteroatoms. The van der Waals surface area contributed by atoms with E-state index in [0.717, 1.165) is 18.7 Å². The molecule has 0 bridgehead atoms. The van der Waals surface area contributed by atoms with Crippen molar-refractivity contribution in [1.82, 2.24) is 4.31 Å². The third-order valence-corrected chi connectivity index (χ3v) is 8.32. The van der Waals surface area contributed by atoms with Crippen LogP contribution in [-0.4, -0.2) is 38.3 Å². The number of sulfonamides is 1. The highest BCUT2D eigenvalue weighted by Gasteiger charge is 2.35. The lowest BCUT2D eigenvalue weighted by molar-refractivity contribution is -0.123. The first-order chi connectivity index (χ1) is 12.1. The van der Waals surface area contributed by atoms with Gasteiger partial charge in [-0.05, 0) is 42.3 Å². The summed E-state index contributed by atoms with van der Waals surface area (Å²) in [5.74, 6) is 0.0408. The van der Waals surface area contributed by atoms with Crippen LogP contribution in [-0.2, 0) is 21.2 Å². The monoisotopic (exact) mass is 376 g/mol. The number of anilines is 1. The molecule has 0 unspecified atom stereocenters. The number of rotatable bonds is 3. The number of amides is 1. The van der Waals surface area contributed by atoms with Crippen molar-refractivity contribution in [2.45, 2.75) is 23.5 Å². The highest BCUT2D eigenvalue weighted by Crippen LogP contribution is 2.32. The van der Waals surface area contributed by atoms with Crippen molar-refractivity contribution in [1.29, 1.82) is 0 Å². The molecule has 3 heterocycles. The summed E-state index contributed by atoms with van der Waals surface area (Å²) in [6.45, 7) is 1.55. The summed E-state index contributed by atoms with van der Waals surface area (Å²) in [6, 6.07) is 11.4. The molecule has 2 aromatic rings. The van der Waals surface area contributed by atoms with Crippen molar-refractivity contribution in [3.8, 4) is 0 Å². The first-order valence-corrected chi connectivity index (χ1v) is 10.8. The van der Waals surface area contributed by atoms with E-state index in [9.17, 15) is 13.2 Å². The predicted octanol–water partition coefficient (Wildman–Crippen LogP) is 2.74. The molecule has 0 N–H and O–H groups in total. The molecule has 0 atom stereocenters. The molecule has 4 rings (SSSR count). The SMILES string of the molecule is O=C(C1CCN(S(=O)(=O)c2cccs2)CC1)N1CCc2ccccc21. The van der Waals surface area contributed by atoms with Crippen LogP contribution in [0.2, 0.25) is 0 Å². The van der Waals surface area contributed by atoms with Gasteiger partial charge in [-0.3, -0.25) is 4.79 Å². The molecular formula is C18H20N2O3S2. The summed E-state index contributed by atoms with van der Waals surface area (Å²) >= 11 is 1.24. The summed E-state index contributed by atoms with van der Waals surface area (Å²) in [7, 11) is -3.41. The number of carbonyl (C=O) groups is 1. The second kappa shape index (κ2) is 6.55. The Morgan fingerprint density at radius 1 is 1.04 bits per heavy atom. The first-order valence-electron chi connectivity index (χ1n) is 8.50. The number of benzene rings is 1. The van der Waals surface area contributed by atoms with Gasteiger partial charge in [-0.2, -0.15) is 4.31 Å². The smallest absolute Gasteiger partial charge is 0.252 e. The summed E-state index contributed by atoms with van der Waals surface area (Å²) in [6.07, 6.45) is 2.07. The fraction of sp³-hybridized carbons (Fsp3) is 0.389. The number of para-hydroxylation sites is 1. The molecule has 1 amide bonds. The first kappa shape index (κ1) is 16.8. The average molecular weight is 377 g/mol. The number of hydrogen-bond acceptors (Lipinski definition) is 4. The van der Waals surface area contributed by atoms with Crippen LogP contribution < -0.4 is 4.90 Å². The van der Waals surface area contributed by atoms with Crippen LogP contribution in [0.3, 0.4) is 0 Å². The summed E-state index contributed by atoms with van der Waals surface area (Å²) in [5.41, 5.74) is 2.23. The third kappa shape index (κ3) is 3.01. The van der Waals surface area contributed by atoms with Crippen molar-refractivity contribution >= 4 is 33.0 Å². The third-order valence-electron chi connectivity index (χ3n) is 5.05. The molecule has 1 aromatic heterocycles. The Hall–Kier alpha value is -1.70. The molecule has 0 aliphatic carbocycles. The van der Waals surface area contributed by atoms with Crippen molar-refractivity contribution in [2.75, 3.05) is 24.5 Å². The molecule has 1 aromatic carbocycles. The van der Waals surface area contributed by atoms with Gasteiger partial charge in [0.2, 0.25) is 5.91 Å². The Morgan fingerprint density at radius 3 is 2.52 bits per heavy atom. The van der Waals surface area contributed by atoms with Crippen LogP contribution >= 0.6 is 11.3 Å². The maximum Gasteiger partial charge on any atom is 0.252 e. The van der Waals surface area contributed by atoms with Crippen molar-refractivity contribution in [2.24, 2.45) is 5.92 Å². The zero-order valence-electron chi connectivity index (χ0n) is 13.8. The molecule has 132 valence electrons. The zero-order valence-corrected chi connectivity index (χ0v) is 15.4. The Balaban J connectivity index is 1.44. The quantitative estimate of drug-likeness (QED) is 0.828. The Labute approximate surface area is 151 Å². The van der Waals surface area contributed by atoms with Crippen molar-refractivity contribution in [3.05, 3.63) is 47.3 Å². The van der Waals surface area contributed by atoms with E-state index in [4.69, 9.17) is 0 Å². The molecular weight excluding hydrogens is 356 g/mol. The van der Waals surface area contributed by atoms with Crippen LogP contribution in [0.5, 0.6) is 0 Å². The highest BCUT2D eigenvalue weighted by atomic mass is 32.2. The van der Waals surface area contributed by atoms with E-state index in [1.165, 1.54) is 21.2 Å². The van der Waals surface area contributed by atoms with Gasteiger partial charge in [0.15, 0.2) is 0 Å². The second-order valence-electron chi connectivity index (χ2n) is 6.48. The van der Waals surface area contributed by atoms with Gasteiger partial charge in [0.1, 0.15) is 4.21 Å². The minimum absolute atomic E-state index is 0.0964. The molecule has 1 fully saturated rings. The van der Waals surface area contributed by atoms with Crippen LogP contribution in [0.1, 0.15) is 18.4 Å². The minimum Gasteiger partial charge on any atom is -0.312 e. The molecule has 5 nitrogen and oxygen atoms in total. The number of carbonyl (C=O) groups excluding carboxylic acids is 1. The minimum atomic E-state index is -3.41. The largest absolute Gasteiger partial charge is 0.312 e. The highest BCUT2D eigenvalue weighted by molar-refractivity contribution is 7.91. The topological polar surface area (TPSA) is 57.7 Å². The number of fused-ring (bicyclic) bond motifs is 1. The molecule has 0 spiro atoms. The van der Waals surface area contributed by atoms with Crippen molar-refractivity contribution < 1.29 is 13.2 Å². The van der Waals surface area contributed by atoms with Gasteiger partial charge < -0.3 is 4.90 Å². The van der Waals surface area contributed by atoms with E-state index in [1.807, 2.05) is 23.1 Å². The molecule has 0 radical (unpaired) electrons. The van der Waals surface area contributed by atoms with Gasteiger partial charge in [0, 0.05) is 31.2 Å². The van der Waals surface area contributed by atoms with E-state index in [0.29, 0.717) is 30.1 Å². The van der Waals surface area contributed by atoms with Gasteiger partial charge in [0.05, 0.1) is 0 Å². The van der Waals surface area contributed by atoms with Gasteiger partial charge in [-0.1, -0.05) is 24.3 Å². The number of hydrogen-bond donors (Lipinski definition) is 0. The van der Waals surface area contributed by atoms with Gasteiger partial charge in [-0.15, -0.1) is 11.3 Å². The average Bonchev–Trinajstić information content (AvgIpc) is 3.31. The zero-order chi connectivity index (χ0) is 17.4. The van der Waals surface area contributed by atoms with Crippen LogP contribution in [0, 0.1) is 5.92 Å². The number of nitrogens with zero attached hydrogens (tertiary/aromatic N) is 2. The number of thiophene rings is 1. The Morgan fingerprint density at radius 2 is 1.80 bits per heavy atom. The Bertz CT molecular complexity index is 869. The van der Waals surface area contributed by atoms with Crippen LogP contribution in [0.4, 0.5) is 5.69 Å². The standard InChI is InChI=1S/C18H20N2O3S2/c21-18(20-12-9-14-4-1-2-5-16(14)20)15-7-10-19(11-8-15)25(22,23)17-6-3-13-24-17/h1-6,13,15H,7-12H2.